The highest BCUT2D eigenvalue weighted by Gasteiger charge is 2.15. The van der Waals surface area contributed by atoms with Crippen molar-refractivity contribution in [3.63, 3.8) is 0 Å². The Kier molecular flexibility index (Phi) is 4.05. The van der Waals surface area contributed by atoms with Gasteiger partial charge in [-0.25, -0.2) is 8.42 Å². The van der Waals surface area contributed by atoms with Crippen molar-refractivity contribution in [2.45, 2.75) is 4.90 Å². The quantitative estimate of drug-likeness (QED) is 0.872. The van der Waals surface area contributed by atoms with Crippen LogP contribution in [0.4, 0.5) is 5.69 Å². The van der Waals surface area contributed by atoms with Crippen LogP contribution >= 0.6 is 0 Å². The van der Waals surface area contributed by atoms with Crippen LogP contribution in [0.2, 0.25) is 0 Å². The van der Waals surface area contributed by atoms with Gasteiger partial charge in [0.05, 0.1) is 15.2 Å². The highest BCUT2D eigenvalue weighted by molar-refractivity contribution is 7.92. The van der Waals surface area contributed by atoms with Crippen molar-refractivity contribution < 1.29 is 13.2 Å². The topological polar surface area (TPSA) is 63.2 Å². The number of sulfonamides is 1. The molecule has 0 aliphatic heterocycles. The number of anilines is 1. The van der Waals surface area contributed by atoms with Crippen LogP contribution in [0.3, 0.4) is 0 Å². The smallest absolute Gasteiger partial charge is 0.261 e. The molecule has 0 unspecified atom stereocenters. The van der Waals surface area contributed by atoms with Gasteiger partial charge >= 0.3 is 0 Å². The number of hydrogen-bond donors (Lipinski definition) is 1. The fourth-order valence-corrected chi connectivity index (χ4v) is 2.94. The molecule has 0 amide bonds. The fourth-order valence-electron chi connectivity index (χ4n) is 1.59. The third-order valence-corrected chi connectivity index (χ3v) is 4.18. The van der Waals surface area contributed by atoms with Gasteiger partial charge < -0.3 is 4.79 Å². The van der Waals surface area contributed by atoms with Crippen LogP contribution in [0.25, 0.3) is 0 Å². The number of carbonyl (C=O) groups excluding carboxylic acids is 1. The van der Waals surface area contributed by atoms with Gasteiger partial charge in [-0.3, -0.25) is 4.72 Å². The largest absolute Gasteiger partial charge is 0.318 e. The maximum atomic E-state index is 12.1. The summed E-state index contributed by atoms with van der Waals surface area (Å²) in [7, 11) is -3.68. The standard InChI is InChI=1S/C13H10NO3S.Al/c15-10-11-6-4-5-9-13(11)14-18(16,17)12-7-2-1-3-8-12;/h1-9,14H;. The molecule has 0 fully saturated rings. The van der Waals surface area contributed by atoms with Crippen molar-refractivity contribution >= 4 is 36.6 Å². The third kappa shape index (κ3) is 3.24. The minimum atomic E-state index is -3.68. The molecule has 0 bridgehead atoms. The first-order chi connectivity index (χ1) is 9.00. The number of rotatable bonds is 4. The second-order valence-electron chi connectivity index (χ2n) is 3.83. The summed E-state index contributed by atoms with van der Waals surface area (Å²) in [6.07, 6.45) is 0. The lowest BCUT2D eigenvalue weighted by molar-refractivity contribution is 0.108. The number of carbonyl (C=O) groups is 1. The second-order valence-corrected chi connectivity index (χ2v) is 6.04. The Morgan fingerprint density at radius 3 is 2.16 bits per heavy atom. The first-order valence-electron chi connectivity index (χ1n) is 5.47. The Balaban J connectivity index is 2.39. The summed E-state index contributed by atoms with van der Waals surface area (Å²) in [6.45, 7) is 0. The average Bonchev–Trinajstić information content (AvgIpc) is 2.39. The minimum Gasteiger partial charge on any atom is -0.318 e. The molecule has 0 heterocycles. The lowest BCUT2D eigenvalue weighted by Crippen LogP contribution is -2.15. The van der Waals surface area contributed by atoms with Crippen LogP contribution in [-0.2, 0) is 10.0 Å². The molecule has 0 atom stereocenters. The van der Waals surface area contributed by atoms with E-state index < -0.39 is 10.0 Å². The van der Waals surface area contributed by atoms with E-state index in [4.69, 9.17) is 0 Å². The summed E-state index contributed by atoms with van der Waals surface area (Å²) in [5, 5.41) is 0. The van der Waals surface area contributed by atoms with Gasteiger partial charge in [0, 0.05) is 5.56 Å². The molecule has 0 aromatic heterocycles. The van der Waals surface area contributed by atoms with Gasteiger partial charge in [0.2, 0.25) is 0 Å². The molecule has 94 valence electrons. The van der Waals surface area contributed by atoms with Crippen LogP contribution in [0, 0.1) is 0 Å². The summed E-state index contributed by atoms with van der Waals surface area (Å²) >= 11 is 2.03. The lowest BCUT2D eigenvalue weighted by Gasteiger charge is -2.11. The Labute approximate surface area is 119 Å². The highest BCUT2D eigenvalue weighted by Crippen LogP contribution is 2.19. The van der Waals surface area contributed by atoms with E-state index in [-0.39, 0.29) is 15.2 Å². The molecule has 0 aliphatic rings. The molecule has 2 aromatic carbocycles. The van der Waals surface area contributed by atoms with Gasteiger partial charge in [0.25, 0.3) is 26.3 Å². The van der Waals surface area contributed by atoms with Gasteiger partial charge in [0.1, 0.15) is 0 Å². The van der Waals surface area contributed by atoms with E-state index >= 15 is 0 Å². The number of benzene rings is 2. The Morgan fingerprint density at radius 2 is 1.53 bits per heavy atom. The minimum absolute atomic E-state index is 0.154. The summed E-state index contributed by atoms with van der Waals surface area (Å²) in [5.41, 5.74) is 0.582. The second kappa shape index (κ2) is 5.58. The SMILES string of the molecule is O=[C]([Al])c1ccccc1NS(=O)(=O)c1ccccc1. The number of nitrogens with one attached hydrogen (secondary N) is 1. The molecule has 0 spiro atoms. The summed E-state index contributed by atoms with van der Waals surface area (Å²) in [6, 6.07) is 14.5. The zero-order chi connectivity index (χ0) is 13.9. The van der Waals surface area contributed by atoms with Crippen LogP contribution in [0.5, 0.6) is 0 Å². The van der Waals surface area contributed by atoms with E-state index in [2.05, 4.69) is 4.72 Å². The van der Waals surface area contributed by atoms with Crippen LogP contribution in [0.15, 0.2) is 59.5 Å². The predicted octanol–water partition coefficient (Wildman–Crippen LogP) is 1.80. The maximum Gasteiger partial charge on any atom is 0.261 e. The maximum absolute atomic E-state index is 12.1. The zero-order valence-corrected chi connectivity index (χ0v) is 11.9. The van der Waals surface area contributed by atoms with Gasteiger partial charge in [-0.2, -0.15) is 0 Å². The van der Waals surface area contributed by atoms with Crippen molar-refractivity contribution in [2.75, 3.05) is 4.72 Å². The van der Waals surface area contributed by atoms with Gasteiger partial charge in [0.15, 0.2) is 0 Å². The Bertz CT molecular complexity index is 699. The normalized spacial score (nSPS) is 10.9. The molecule has 0 saturated heterocycles. The molecule has 2 rings (SSSR count). The first kappa shape index (κ1) is 13.8. The van der Waals surface area contributed by atoms with E-state index in [0.717, 1.165) is 0 Å². The molecular weight excluding hydrogens is 277 g/mol. The van der Waals surface area contributed by atoms with E-state index in [1.807, 2.05) is 16.3 Å². The molecule has 0 saturated carbocycles. The number of para-hydroxylation sites is 1. The van der Waals surface area contributed by atoms with E-state index in [1.165, 1.54) is 12.1 Å². The van der Waals surface area contributed by atoms with Gasteiger partial charge in [-0.15, -0.1) is 0 Å². The molecule has 1 N–H and O–H groups in total. The van der Waals surface area contributed by atoms with Crippen molar-refractivity contribution in [3.8, 4) is 0 Å². The molecule has 4 nitrogen and oxygen atoms in total. The van der Waals surface area contributed by atoms with Crippen molar-refractivity contribution in [3.05, 3.63) is 60.2 Å². The third-order valence-electron chi connectivity index (χ3n) is 2.49. The van der Waals surface area contributed by atoms with Gasteiger partial charge in [-0.05, 0) is 18.2 Å². The van der Waals surface area contributed by atoms with E-state index in [0.29, 0.717) is 5.56 Å². The van der Waals surface area contributed by atoms with Crippen molar-refractivity contribution in [2.24, 2.45) is 0 Å². The summed E-state index contributed by atoms with van der Waals surface area (Å²) < 4.78 is 26.4. The average molecular weight is 287 g/mol. The molecule has 2 radical (unpaired) electrons. The van der Waals surface area contributed by atoms with Crippen LogP contribution < -0.4 is 4.72 Å². The summed E-state index contributed by atoms with van der Waals surface area (Å²) in [5.74, 6) is 0. The molecule has 0 aliphatic carbocycles. The number of hydrogen-bond acceptors (Lipinski definition) is 3. The fraction of sp³-hybridized carbons (Fsp3) is 0. The molecular formula is C13H10AlNO3S. The van der Waals surface area contributed by atoms with E-state index in [9.17, 15) is 13.2 Å². The van der Waals surface area contributed by atoms with E-state index in [1.54, 1.807) is 42.5 Å². The molecule has 6 heteroatoms. The Morgan fingerprint density at radius 1 is 0.947 bits per heavy atom. The van der Waals surface area contributed by atoms with Crippen molar-refractivity contribution in [1.29, 1.82) is 0 Å². The lowest BCUT2D eigenvalue weighted by atomic mass is 10.2. The van der Waals surface area contributed by atoms with Crippen LogP contribution in [-0.4, -0.2) is 29.4 Å². The predicted molar refractivity (Wildman–Crippen MR) is 73.8 cm³/mol. The van der Waals surface area contributed by atoms with Gasteiger partial charge in [-0.1, -0.05) is 36.4 Å². The molecule has 2 aromatic rings. The first-order valence-corrected chi connectivity index (χ1v) is 7.53. The molecule has 19 heavy (non-hydrogen) atoms. The highest BCUT2D eigenvalue weighted by atomic mass is 32.2. The Hall–Kier alpha value is -1.61. The van der Waals surface area contributed by atoms with Crippen molar-refractivity contribution in [1.82, 2.24) is 0 Å². The van der Waals surface area contributed by atoms with Crippen LogP contribution in [0.1, 0.15) is 10.4 Å². The monoisotopic (exact) mass is 287 g/mol. The summed E-state index contributed by atoms with van der Waals surface area (Å²) in [4.78, 5) is 11.6. The zero-order valence-electron chi connectivity index (χ0n) is 9.91.